The Bertz CT molecular complexity index is 680. The van der Waals surface area contributed by atoms with Crippen LogP contribution in [0.4, 0.5) is 0 Å². The first-order valence-electron chi connectivity index (χ1n) is 10.8. The van der Waals surface area contributed by atoms with Gasteiger partial charge in [0.15, 0.2) is 0 Å². The van der Waals surface area contributed by atoms with E-state index in [1.54, 1.807) is 20.8 Å². The normalized spacial score (nSPS) is 12.4. The zero-order valence-corrected chi connectivity index (χ0v) is 26.3. The van der Waals surface area contributed by atoms with Crippen LogP contribution in [0.15, 0.2) is 0 Å². The van der Waals surface area contributed by atoms with Crippen LogP contribution in [0, 0.1) is 0 Å². The predicted molar refractivity (Wildman–Crippen MR) is 158 cm³/mol. The fourth-order valence-electron chi connectivity index (χ4n) is 1.72. The number of ether oxygens (including phenoxy) is 6. The molecule has 0 rings (SSSR count). The Balaban J connectivity index is 0. The van der Waals surface area contributed by atoms with E-state index >= 15 is 0 Å². The van der Waals surface area contributed by atoms with E-state index in [4.69, 9.17) is 60.3 Å². The molecule has 0 aliphatic carbocycles. The lowest BCUT2D eigenvalue weighted by molar-refractivity contribution is -0.151. The molecule has 0 saturated heterocycles. The molecule has 15 heteroatoms. The highest BCUT2D eigenvalue weighted by Crippen LogP contribution is 2.17. The lowest BCUT2D eigenvalue weighted by Crippen LogP contribution is -2.24. The van der Waals surface area contributed by atoms with Crippen molar-refractivity contribution in [2.75, 3.05) is 40.1 Å². The van der Waals surface area contributed by atoms with Crippen LogP contribution >= 0.6 is 71.9 Å². The monoisotopic (exact) mass is 622 g/mol. The minimum Gasteiger partial charge on any atom is -0.479 e. The van der Waals surface area contributed by atoms with E-state index in [-0.39, 0.29) is 24.4 Å². The van der Waals surface area contributed by atoms with E-state index in [1.807, 2.05) is 20.8 Å². The number of thiocarbonyl (C=S) groups is 3. The number of methoxy groups -OCH3 is 1. The molecule has 36 heavy (non-hydrogen) atoms. The first-order chi connectivity index (χ1) is 16.9. The maximum atomic E-state index is 11.7. The Labute approximate surface area is 242 Å². The van der Waals surface area contributed by atoms with E-state index in [2.05, 4.69) is 4.74 Å². The van der Waals surface area contributed by atoms with E-state index in [9.17, 15) is 14.4 Å². The van der Waals surface area contributed by atoms with Crippen molar-refractivity contribution in [3.8, 4) is 0 Å². The first kappa shape index (κ1) is 37.3. The molecule has 0 aliphatic rings. The van der Waals surface area contributed by atoms with E-state index in [0.717, 1.165) is 23.5 Å². The van der Waals surface area contributed by atoms with Gasteiger partial charge in [0.05, 0.1) is 26.9 Å². The second-order valence-corrected chi connectivity index (χ2v) is 12.0. The van der Waals surface area contributed by atoms with Gasteiger partial charge in [-0.3, -0.25) is 14.4 Å². The summed E-state index contributed by atoms with van der Waals surface area (Å²) in [7, 11) is 1.35. The number of rotatable bonds is 12. The summed E-state index contributed by atoms with van der Waals surface area (Å²) in [5.74, 6) is -1.18. The van der Waals surface area contributed by atoms with Crippen molar-refractivity contribution >= 4 is 103 Å². The van der Waals surface area contributed by atoms with Crippen LogP contribution in [0.2, 0.25) is 0 Å². The maximum Gasteiger partial charge on any atom is 0.319 e. The third kappa shape index (κ3) is 20.2. The number of esters is 3. The van der Waals surface area contributed by atoms with Crippen LogP contribution in [-0.2, 0) is 42.8 Å². The van der Waals surface area contributed by atoms with Crippen LogP contribution in [0.5, 0.6) is 0 Å². The van der Waals surface area contributed by atoms with Crippen LogP contribution < -0.4 is 0 Å². The third-order valence-corrected chi connectivity index (χ3v) is 7.16. The Kier molecular flexibility index (Phi) is 24.1. The summed E-state index contributed by atoms with van der Waals surface area (Å²) in [5.41, 5.74) is 0. The fraction of sp³-hybridized carbons (Fsp3) is 0.714. The molecule has 0 heterocycles. The van der Waals surface area contributed by atoms with Gasteiger partial charge < -0.3 is 28.4 Å². The average Bonchev–Trinajstić information content (AvgIpc) is 2.81. The van der Waals surface area contributed by atoms with Crippen molar-refractivity contribution in [3.63, 3.8) is 0 Å². The summed E-state index contributed by atoms with van der Waals surface area (Å²) in [5, 5.41) is -1.27. The Morgan fingerprint density at radius 1 is 0.583 bits per heavy atom. The molecule has 0 aromatic heterocycles. The minimum absolute atomic E-state index is 0.0236. The van der Waals surface area contributed by atoms with Crippen molar-refractivity contribution in [2.24, 2.45) is 0 Å². The van der Waals surface area contributed by atoms with Gasteiger partial charge in [-0.25, -0.2) is 0 Å². The quantitative estimate of drug-likeness (QED) is 0.131. The van der Waals surface area contributed by atoms with Gasteiger partial charge in [-0.05, 0) is 78.2 Å². The van der Waals surface area contributed by atoms with Gasteiger partial charge >= 0.3 is 17.9 Å². The van der Waals surface area contributed by atoms with E-state index in [0.29, 0.717) is 33.0 Å². The SMILES string of the molecule is CCOC(=S)SC(C)C(=O)OC.CCOC(=S)SC(C)C(=O)OCCOC(=O)C(C)SC(=S)OCC. The number of carbonyl (C=O) groups is 3. The molecule has 0 bridgehead atoms. The number of hydrogen-bond acceptors (Lipinski definition) is 15. The van der Waals surface area contributed by atoms with Gasteiger partial charge in [-0.2, -0.15) is 0 Å². The Hall–Kier alpha value is -0.870. The minimum atomic E-state index is -0.488. The second kappa shape index (κ2) is 23.3. The van der Waals surface area contributed by atoms with Crippen LogP contribution in [0.3, 0.4) is 0 Å². The molecule has 0 aromatic rings. The second-order valence-electron chi connectivity index (χ2n) is 6.19. The molecule has 9 nitrogen and oxygen atoms in total. The first-order valence-corrected chi connectivity index (χ1v) is 14.7. The lowest BCUT2D eigenvalue weighted by Gasteiger charge is -2.13. The zero-order chi connectivity index (χ0) is 28.1. The summed E-state index contributed by atoms with van der Waals surface area (Å²) in [4.78, 5) is 34.4. The standard InChI is InChI=1S/C14H22O6S4.C7H12O3S2/c1-5-17-13(21)23-9(3)11(15)19-7-8-20-12(16)10(4)24-14(22)18-6-2;1-4-10-7(11)12-5(2)6(8)9-3/h9-10H,5-8H2,1-4H3;5H,4H2,1-3H3. The predicted octanol–water partition coefficient (Wildman–Crippen LogP) is 4.56. The van der Waals surface area contributed by atoms with Crippen LogP contribution in [0.1, 0.15) is 41.5 Å². The topological polar surface area (TPSA) is 107 Å². The van der Waals surface area contributed by atoms with Crippen molar-refractivity contribution < 1.29 is 42.8 Å². The zero-order valence-electron chi connectivity index (χ0n) is 21.4. The summed E-state index contributed by atoms with van der Waals surface area (Å²) in [6, 6.07) is 0. The molecule has 0 N–H and O–H groups in total. The van der Waals surface area contributed by atoms with Gasteiger partial charge in [-0.15, -0.1) is 0 Å². The molecule has 0 radical (unpaired) electrons. The third-order valence-electron chi connectivity index (χ3n) is 3.37. The van der Waals surface area contributed by atoms with Gasteiger partial charge in [0, 0.05) is 0 Å². The van der Waals surface area contributed by atoms with Crippen molar-refractivity contribution in [1.29, 1.82) is 0 Å². The molecule has 0 spiro atoms. The van der Waals surface area contributed by atoms with Gasteiger partial charge in [-0.1, -0.05) is 35.3 Å². The summed E-state index contributed by atoms with van der Waals surface area (Å²) in [6.07, 6.45) is 0. The molecule has 0 fully saturated rings. The van der Waals surface area contributed by atoms with Gasteiger partial charge in [0.25, 0.3) is 0 Å². The highest BCUT2D eigenvalue weighted by Gasteiger charge is 2.20. The summed E-state index contributed by atoms with van der Waals surface area (Å²) >= 11 is 18.1. The van der Waals surface area contributed by atoms with Crippen molar-refractivity contribution in [2.45, 2.75) is 57.3 Å². The molecule has 208 valence electrons. The average molecular weight is 623 g/mol. The molecule has 3 unspecified atom stereocenters. The molecular weight excluding hydrogens is 589 g/mol. The van der Waals surface area contributed by atoms with Crippen LogP contribution in [0.25, 0.3) is 0 Å². The molecule has 0 aliphatic heterocycles. The largest absolute Gasteiger partial charge is 0.479 e. The number of carbonyl (C=O) groups excluding carboxylic acids is 3. The van der Waals surface area contributed by atoms with Crippen LogP contribution in [-0.4, -0.2) is 86.9 Å². The van der Waals surface area contributed by atoms with Gasteiger partial charge in [0.2, 0.25) is 13.1 Å². The number of hydrogen-bond donors (Lipinski definition) is 0. The molecule has 3 atom stereocenters. The van der Waals surface area contributed by atoms with Crippen molar-refractivity contribution in [1.82, 2.24) is 0 Å². The highest BCUT2D eigenvalue weighted by molar-refractivity contribution is 8.24. The van der Waals surface area contributed by atoms with E-state index < -0.39 is 22.4 Å². The molecule has 0 aromatic carbocycles. The smallest absolute Gasteiger partial charge is 0.319 e. The van der Waals surface area contributed by atoms with E-state index in [1.165, 1.54) is 18.9 Å². The molecular formula is C21H34O9S6. The highest BCUT2D eigenvalue weighted by atomic mass is 32.2. The Morgan fingerprint density at radius 2 is 0.861 bits per heavy atom. The maximum absolute atomic E-state index is 11.7. The Morgan fingerprint density at radius 3 is 1.11 bits per heavy atom. The number of thioether (sulfide) groups is 3. The van der Waals surface area contributed by atoms with Crippen molar-refractivity contribution in [3.05, 3.63) is 0 Å². The summed E-state index contributed by atoms with van der Waals surface area (Å²) in [6.45, 7) is 11.9. The van der Waals surface area contributed by atoms with Gasteiger partial charge in [0.1, 0.15) is 29.0 Å². The summed E-state index contributed by atoms with van der Waals surface area (Å²) < 4.78 is 30.7. The lowest BCUT2D eigenvalue weighted by atomic mass is 10.5. The fourth-order valence-corrected chi connectivity index (χ4v) is 5.32. The molecule has 0 saturated carbocycles. The molecule has 0 amide bonds.